The number of pyridine rings is 2. The number of benzene rings is 1. The highest BCUT2D eigenvalue weighted by molar-refractivity contribution is 9.10. The van der Waals surface area contributed by atoms with Gasteiger partial charge in [-0.15, -0.1) is 0 Å². The highest BCUT2D eigenvalue weighted by Crippen LogP contribution is 2.27. The molecule has 3 rings (SSSR count). The van der Waals surface area contributed by atoms with Crippen molar-refractivity contribution in [1.29, 1.82) is 0 Å². The molecule has 0 fully saturated rings. The van der Waals surface area contributed by atoms with E-state index in [0.717, 1.165) is 5.39 Å². The molecule has 0 amide bonds. The Morgan fingerprint density at radius 2 is 2.05 bits per heavy atom. The third-order valence-corrected chi connectivity index (χ3v) is 3.33. The number of hydrogen-bond acceptors (Lipinski definition) is 4. The van der Waals surface area contributed by atoms with Gasteiger partial charge >= 0.3 is 0 Å². The lowest BCUT2D eigenvalue weighted by molar-refractivity contribution is -0.104. The van der Waals surface area contributed by atoms with Crippen molar-refractivity contribution >= 4 is 49.8 Å². The SMILES string of the molecule is O=CC(=O)c1cc2ccc(Br)nc2c2ncccc12. The molecular weight excluding hydrogens is 308 g/mol. The number of ketones is 1. The molecule has 1 aromatic carbocycles. The van der Waals surface area contributed by atoms with Crippen molar-refractivity contribution in [2.75, 3.05) is 0 Å². The van der Waals surface area contributed by atoms with E-state index in [4.69, 9.17) is 0 Å². The summed E-state index contributed by atoms with van der Waals surface area (Å²) in [6.07, 6.45) is 1.96. The fourth-order valence-electron chi connectivity index (χ4n) is 2.06. The molecule has 0 aliphatic heterocycles. The zero-order valence-electron chi connectivity index (χ0n) is 9.63. The Labute approximate surface area is 116 Å². The number of aromatic nitrogens is 2. The van der Waals surface area contributed by atoms with Crippen molar-refractivity contribution in [2.24, 2.45) is 0 Å². The molecule has 0 radical (unpaired) electrons. The number of carbonyl (C=O) groups excluding carboxylic acids is 2. The number of carbonyl (C=O) groups is 2. The first-order valence-electron chi connectivity index (χ1n) is 5.54. The minimum absolute atomic E-state index is 0.319. The minimum Gasteiger partial charge on any atom is -0.294 e. The summed E-state index contributed by atoms with van der Waals surface area (Å²) >= 11 is 3.32. The Bertz CT molecular complexity index is 830. The highest BCUT2D eigenvalue weighted by Gasteiger charge is 2.13. The molecule has 0 aliphatic carbocycles. The Morgan fingerprint density at radius 3 is 2.84 bits per heavy atom. The van der Waals surface area contributed by atoms with E-state index in [-0.39, 0.29) is 0 Å². The van der Waals surface area contributed by atoms with Crippen LogP contribution in [-0.2, 0) is 4.79 Å². The maximum atomic E-state index is 11.7. The second-order valence-electron chi connectivity index (χ2n) is 4.01. The summed E-state index contributed by atoms with van der Waals surface area (Å²) in [5.41, 5.74) is 1.67. The van der Waals surface area contributed by atoms with Gasteiger partial charge in [0, 0.05) is 22.5 Å². The monoisotopic (exact) mass is 314 g/mol. The van der Waals surface area contributed by atoms with Crippen molar-refractivity contribution < 1.29 is 9.59 Å². The predicted octanol–water partition coefficient (Wildman–Crippen LogP) is 2.93. The molecule has 0 aliphatic rings. The Morgan fingerprint density at radius 1 is 1.21 bits per heavy atom. The summed E-state index contributed by atoms with van der Waals surface area (Å²) in [5, 5.41) is 1.41. The predicted molar refractivity (Wildman–Crippen MR) is 75.1 cm³/mol. The van der Waals surface area contributed by atoms with E-state index in [1.54, 1.807) is 30.5 Å². The average Bonchev–Trinajstić information content (AvgIpc) is 2.46. The molecule has 4 nitrogen and oxygen atoms in total. The van der Waals surface area contributed by atoms with E-state index in [1.165, 1.54) is 0 Å². The van der Waals surface area contributed by atoms with Crippen molar-refractivity contribution in [1.82, 2.24) is 9.97 Å². The van der Waals surface area contributed by atoms with E-state index < -0.39 is 5.78 Å². The van der Waals surface area contributed by atoms with Gasteiger partial charge in [-0.1, -0.05) is 12.1 Å². The Hall–Kier alpha value is -2.14. The van der Waals surface area contributed by atoms with Crippen LogP contribution in [0, 0.1) is 0 Å². The zero-order chi connectivity index (χ0) is 13.4. The van der Waals surface area contributed by atoms with Gasteiger partial charge < -0.3 is 0 Å². The van der Waals surface area contributed by atoms with Crippen LogP contribution >= 0.6 is 15.9 Å². The molecule has 0 N–H and O–H groups in total. The Kier molecular flexibility index (Phi) is 2.83. The smallest absolute Gasteiger partial charge is 0.226 e. The molecule has 0 unspecified atom stereocenters. The van der Waals surface area contributed by atoms with Crippen LogP contribution in [0.3, 0.4) is 0 Å². The number of hydrogen-bond donors (Lipinski definition) is 0. The summed E-state index contributed by atoms with van der Waals surface area (Å²) in [5.74, 6) is -0.553. The molecule has 0 saturated carbocycles. The lowest BCUT2D eigenvalue weighted by atomic mass is 10.0. The first-order valence-corrected chi connectivity index (χ1v) is 6.33. The molecule has 3 aromatic rings. The van der Waals surface area contributed by atoms with Crippen molar-refractivity contribution in [2.45, 2.75) is 0 Å². The summed E-state index contributed by atoms with van der Waals surface area (Å²) in [4.78, 5) is 31.1. The molecule has 92 valence electrons. The van der Waals surface area contributed by atoms with Gasteiger partial charge in [0.1, 0.15) is 4.60 Å². The lowest BCUT2D eigenvalue weighted by Gasteiger charge is -2.06. The second-order valence-corrected chi connectivity index (χ2v) is 4.82. The van der Waals surface area contributed by atoms with Gasteiger partial charge in [0.25, 0.3) is 0 Å². The number of fused-ring (bicyclic) bond motifs is 3. The third-order valence-electron chi connectivity index (χ3n) is 2.89. The van der Waals surface area contributed by atoms with E-state index in [0.29, 0.717) is 32.9 Å². The third kappa shape index (κ3) is 1.92. The fourth-order valence-corrected chi connectivity index (χ4v) is 2.37. The zero-order valence-corrected chi connectivity index (χ0v) is 11.2. The molecule has 0 spiro atoms. The van der Waals surface area contributed by atoms with Crippen LogP contribution < -0.4 is 0 Å². The summed E-state index contributed by atoms with van der Waals surface area (Å²) in [7, 11) is 0. The summed E-state index contributed by atoms with van der Waals surface area (Å²) < 4.78 is 0.696. The normalized spacial score (nSPS) is 10.8. The molecule has 0 saturated heterocycles. The van der Waals surface area contributed by atoms with Crippen LogP contribution in [0.5, 0.6) is 0 Å². The maximum Gasteiger partial charge on any atom is 0.226 e. The van der Waals surface area contributed by atoms with Crippen LogP contribution in [0.1, 0.15) is 10.4 Å². The molecular formula is C14H7BrN2O2. The quantitative estimate of drug-likeness (QED) is 0.240. The van der Waals surface area contributed by atoms with Gasteiger partial charge in [0.05, 0.1) is 11.0 Å². The molecule has 0 bridgehead atoms. The molecule has 0 atom stereocenters. The first-order chi connectivity index (χ1) is 9.20. The van der Waals surface area contributed by atoms with E-state index in [2.05, 4.69) is 25.9 Å². The topological polar surface area (TPSA) is 59.9 Å². The van der Waals surface area contributed by atoms with Gasteiger partial charge in [-0.3, -0.25) is 14.6 Å². The fraction of sp³-hybridized carbons (Fsp3) is 0. The lowest BCUT2D eigenvalue weighted by Crippen LogP contribution is -2.02. The summed E-state index contributed by atoms with van der Waals surface area (Å²) in [6, 6.07) is 8.79. The van der Waals surface area contributed by atoms with Crippen molar-refractivity contribution in [3.05, 3.63) is 46.7 Å². The van der Waals surface area contributed by atoms with E-state index in [9.17, 15) is 9.59 Å². The van der Waals surface area contributed by atoms with Gasteiger partial charge in [-0.05, 0) is 34.1 Å². The van der Waals surface area contributed by atoms with Crippen LogP contribution in [-0.4, -0.2) is 22.0 Å². The van der Waals surface area contributed by atoms with E-state index >= 15 is 0 Å². The van der Waals surface area contributed by atoms with Crippen LogP contribution in [0.2, 0.25) is 0 Å². The highest BCUT2D eigenvalue weighted by atomic mass is 79.9. The van der Waals surface area contributed by atoms with Gasteiger partial charge in [-0.2, -0.15) is 0 Å². The number of nitrogens with zero attached hydrogens (tertiary/aromatic N) is 2. The minimum atomic E-state index is -0.553. The van der Waals surface area contributed by atoms with Crippen molar-refractivity contribution in [3.8, 4) is 0 Å². The average molecular weight is 315 g/mol. The van der Waals surface area contributed by atoms with E-state index in [1.807, 2.05) is 6.07 Å². The first kappa shape index (κ1) is 11.9. The van der Waals surface area contributed by atoms with Gasteiger partial charge in [0.15, 0.2) is 6.29 Å². The van der Waals surface area contributed by atoms with Gasteiger partial charge in [0.2, 0.25) is 5.78 Å². The number of rotatable bonds is 2. The number of halogens is 1. The molecule has 2 heterocycles. The van der Waals surface area contributed by atoms with Crippen molar-refractivity contribution in [3.63, 3.8) is 0 Å². The second kappa shape index (κ2) is 4.51. The van der Waals surface area contributed by atoms with Crippen LogP contribution in [0.25, 0.3) is 21.8 Å². The standard InChI is InChI=1S/C14H7BrN2O2/c15-12-4-3-8-6-10(11(19)7-18)9-2-1-5-16-14(9)13(8)17-12/h1-7H. The van der Waals surface area contributed by atoms with Crippen LogP contribution in [0.15, 0.2) is 41.1 Å². The number of Topliss-reactive ketones (excluding diaryl/α,β-unsaturated/α-hetero) is 1. The summed E-state index contributed by atoms with van der Waals surface area (Å²) in [6.45, 7) is 0. The maximum absolute atomic E-state index is 11.7. The molecule has 2 aromatic heterocycles. The van der Waals surface area contributed by atoms with Gasteiger partial charge in [-0.25, -0.2) is 4.98 Å². The largest absolute Gasteiger partial charge is 0.294 e. The molecule has 5 heteroatoms. The molecule has 19 heavy (non-hydrogen) atoms. The Balaban J connectivity index is 2.53. The van der Waals surface area contributed by atoms with Crippen LogP contribution in [0.4, 0.5) is 0 Å². The number of aldehydes is 1.